The van der Waals surface area contributed by atoms with Gasteiger partial charge in [0.25, 0.3) is 0 Å². The molecule has 8 atom stereocenters. The maximum absolute atomic E-state index is 14.1. The first-order valence-electron chi connectivity index (χ1n) is 16.8. The molecule has 3 heterocycles. The van der Waals surface area contributed by atoms with Gasteiger partial charge in [-0.15, -0.1) is 0 Å². The first kappa shape index (κ1) is 40.5. The second kappa shape index (κ2) is 16.6. The summed E-state index contributed by atoms with van der Waals surface area (Å²) in [7, 11) is 6.04. The highest BCUT2D eigenvalue weighted by molar-refractivity contribution is 7.98. The lowest BCUT2D eigenvalue weighted by Crippen LogP contribution is -2.63. The summed E-state index contributed by atoms with van der Waals surface area (Å²) in [5.41, 5.74) is -0.877. The number of halogens is 1. The van der Waals surface area contributed by atoms with Gasteiger partial charge in [0.15, 0.2) is 5.72 Å². The second-order valence-corrected chi connectivity index (χ2v) is 15.0. The number of amides is 3. The van der Waals surface area contributed by atoms with E-state index in [-0.39, 0.29) is 30.2 Å². The fourth-order valence-electron chi connectivity index (χ4n) is 6.58. The number of nitrogens with zero attached hydrogens (tertiary/aromatic N) is 2. The average molecular weight is 752 g/mol. The maximum Gasteiger partial charge on any atom is 0.409 e. The lowest BCUT2D eigenvalue weighted by atomic mass is 9.83. The number of alkyl carbamates (subject to hydrolysis) is 1. The number of hydrogen-bond donors (Lipinski definition) is 2. The molecule has 1 aromatic rings. The molecule has 0 saturated carbocycles. The number of epoxide rings is 1. The van der Waals surface area contributed by atoms with Crippen molar-refractivity contribution in [2.75, 3.05) is 45.2 Å². The largest absolute Gasteiger partial charge is 0.495 e. The van der Waals surface area contributed by atoms with Gasteiger partial charge in [-0.2, -0.15) is 11.8 Å². The van der Waals surface area contributed by atoms with Gasteiger partial charge in [-0.3, -0.25) is 14.9 Å². The van der Waals surface area contributed by atoms with Crippen molar-refractivity contribution >= 4 is 52.9 Å². The molecule has 0 spiro atoms. The Morgan fingerprint density at radius 3 is 2.63 bits per heavy atom. The number of nitrogens with one attached hydrogen (secondary N) is 1. The molecule has 0 aromatic heterocycles. The zero-order valence-corrected chi connectivity index (χ0v) is 32.3. The van der Waals surface area contributed by atoms with Crippen LogP contribution in [0.15, 0.2) is 35.9 Å². The molecule has 4 bridgehead atoms. The SMILES string of the molecule is COc1cc2cc(c1Cl)N(C)C(=O)C[C@H](OC(=O)[C@H](C)N(C)C(=O)CCSC)C1(C)O[C@H]1[C@H](C)[C@@H]1C[C@@](O)(NC(=O)O1)[C@H](OC)C=CC=C(C)C2. The van der Waals surface area contributed by atoms with Crippen molar-refractivity contribution in [3.05, 3.63) is 46.5 Å². The van der Waals surface area contributed by atoms with Crippen LogP contribution in [0.4, 0.5) is 10.5 Å². The monoisotopic (exact) mass is 751 g/mol. The molecule has 13 nitrogen and oxygen atoms in total. The molecule has 3 aliphatic rings. The van der Waals surface area contributed by atoms with E-state index in [4.69, 9.17) is 35.3 Å². The molecule has 0 aliphatic carbocycles. The Labute approximate surface area is 308 Å². The van der Waals surface area contributed by atoms with Crippen LogP contribution in [-0.2, 0) is 39.8 Å². The highest BCUT2D eigenvalue weighted by Crippen LogP contribution is 2.49. The number of esters is 1. The zero-order valence-electron chi connectivity index (χ0n) is 30.7. The third-order valence-corrected chi connectivity index (χ3v) is 11.0. The van der Waals surface area contributed by atoms with Crippen LogP contribution in [-0.4, -0.2) is 116 Å². The normalized spacial score (nSPS) is 30.3. The molecule has 15 heteroatoms. The summed E-state index contributed by atoms with van der Waals surface area (Å²) in [5.74, 6) is -0.896. The van der Waals surface area contributed by atoms with E-state index in [2.05, 4.69) is 5.32 Å². The van der Waals surface area contributed by atoms with E-state index in [0.717, 1.165) is 11.1 Å². The Balaban J connectivity index is 1.76. The Bertz CT molecular complexity index is 1560. The minimum Gasteiger partial charge on any atom is -0.495 e. The van der Waals surface area contributed by atoms with Gasteiger partial charge in [-0.25, -0.2) is 9.59 Å². The molecule has 2 fully saturated rings. The van der Waals surface area contributed by atoms with Crippen LogP contribution in [0.25, 0.3) is 0 Å². The summed E-state index contributed by atoms with van der Waals surface area (Å²) >= 11 is 8.27. The van der Waals surface area contributed by atoms with E-state index in [1.807, 2.05) is 19.3 Å². The van der Waals surface area contributed by atoms with E-state index in [0.29, 0.717) is 23.6 Å². The van der Waals surface area contributed by atoms with Crippen molar-refractivity contribution in [2.45, 2.75) is 95.2 Å². The number of thioether (sulfide) groups is 1. The molecular weight excluding hydrogens is 702 g/mol. The molecule has 0 radical (unpaired) electrons. The number of rotatable bonds is 8. The summed E-state index contributed by atoms with van der Waals surface area (Å²) < 4.78 is 29.1. The minimum absolute atomic E-state index is 0.0440. The fourth-order valence-corrected chi connectivity index (χ4v) is 7.28. The van der Waals surface area contributed by atoms with E-state index in [1.165, 1.54) is 42.8 Å². The van der Waals surface area contributed by atoms with E-state index in [9.17, 15) is 24.3 Å². The van der Waals surface area contributed by atoms with Gasteiger partial charge < -0.3 is 38.6 Å². The van der Waals surface area contributed by atoms with Gasteiger partial charge in [0.2, 0.25) is 11.8 Å². The predicted molar refractivity (Wildman–Crippen MR) is 194 cm³/mol. The van der Waals surface area contributed by atoms with E-state index < -0.39 is 65.7 Å². The highest BCUT2D eigenvalue weighted by atomic mass is 35.5. The summed E-state index contributed by atoms with van der Waals surface area (Å²) in [6.07, 6.45) is 3.16. The van der Waals surface area contributed by atoms with Gasteiger partial charge in [0, 0.05) is 45.7 Å². The number of ether oxygens (including phenoxy) is 5. The van der Waals surface area contributed by atoms with Crippen LogP contribution in [0.3, 0.4) is 0 Å². The molecule has 1 aromatic carbocycles. The first-order chi connectivity index (χ1) is 24.0. The number of aliphatic hydroxyl groups is 1. The number of likely N-dealkylation sites (N-methyl/N-ethyl adjacent to an activating group) is 1. The van der Waals surface area contributed by atoms with E-state index in [1.54, 1.807) is 52.1 Å². The van der Waals surface area contributed by atoms with Crippen molar-refractivity contribution in [3.63, 3.8) is 0 Å². The average Bonchev–Trinajstić information content (AvgIpc) is 3.79. The summed E-state index contributed by atoms with van der Waals surface area (Å²) in [6, 6.07) is 2.64. The van der Waals surface area contributed by atoms with Crippen LogP contribution >= 0.6 is 23.4 Å². The van der Waals surface area contributed by atoms with Crippen molar-refractivity contribution in [1.29, 1.82) is 0 Å². The maximum atomic E-state index is 14.1. The predicted octanol–water partition coefficient (Wildman–Crippen LogP) is 4.27. The van der Waals surface area contributed by atoms with Crippen molar-refractivity contribution in [3.8, 4) is 5.75 Å². The summed E-state index contributed by atoms with van der Waals surface area (Å²) in [5, 5.41) is 14.4. The Hall–Kier alpha value is -3.30. The van der Waals surface area contributed by atoms with Gasteiger partial charge >= 0.3 is 12.1 Å². The van der Waals surface area contributed by atoms with Crippen molar-refractivity contribution in [2.24, 2.45) is 5.92 Å². The molecule has 4 rings (SSSR count). The molecule has 3 aliphatic heterocycles. The summed E-state index contributed by atoms with van der Waals surface area (Å²) in [4.78, 5) is 56.0. The van der Waals surface area contributed by atoms with Crippen molar-refractivity contribution < 1.29 is 48.0 Å². The molecular formula is C36H50ClN3O10S. The molecule has 282 valence electrons. The van der Waals surface area contributed by atoms with Crippen LogP contribution in [0, 0.1) is 5.92 Å². The fraction of sp³-hybridized carbons (Fsp3) is 0.611. The number of fused-ring (bicyclic) bond motifs is 5. The number of anilines is 1. The Kier molecular flexibility index (Phi) is 13.2. The Morgan fingerprint density at radius 1 is 1.27 bits per heavy atom. The van der Waals surface area contributed by atoms with Gasteiger partial charge in [0.1, 0.15) is 40.7 Å². The number of carbonyl (C=O) groups is 4. The zero-order chi connectivity index (χ0) is 37.8. The van der Waals surface area contributed by atoms with Crippen LogP contribution in [0.1, 0.15) is 52.5 Å². The molecule has 3 amide bonds. The van der Waals surface area contributed by atoms with Crippen molar-refractivity contribution in [1.82, 2.24) is 10.2 Å². The van der Waals surface area contributed by atoms with Gasteiger partial charge in [-0.05, 0) is 51.1 Å². The number of benzene rings is 1. The third kappa shape index (κ3) is 9.02. The lowest BCUT2D eigenvalue weighted by molar-refractivity contribution is -0.161. The highest BCUT2D eigenvalue weighted by Gasteiger charge is 2.64. The molecule has 2 saturated heterocycles. The number of hydrogen-bond acceptors (Lipinski definition) is 11. The quantitative estimate of drug-likeness (QED) is 0.289. The van der Waals surface area contributed by atoms with Gasteiger partial charge in [-0.1, -0.05) is 42.3 Å². The third-order valence-electron chi connectivity index (χ3n) is 10.0. The minimum atomic E-state index is -1.82. The summed E-state index contributed by atoms with van der Waals surface area (Å²) in [6.45, 7) is 7.02. The number of carbonyl (C=O) groups excluding carboxylic acids is 4. The standard InChI is InChI=1S/C36H50ClN3O10S/c1-20-11-10-12-27(47-8)36(45)19-26(48-34(44)38-36)21(2)32-35(4,50-32)28(49-33(43)22(3)39(5)29(41)13-14-51-9)18-30(42)40(6)24-16-23(15-20)17-25(46-7)31(24)37/h10-12,16-17,21-22,26-28,32,45H,13-15,18-19H2,1-9H3,(H,38,44)/t21-,22+,26+,27-,28+,32+,35?,36+/m1/s1. The second-order valence-electron chi connectivity index (χ2n) is 13.6. The van der Waals surface area contributed by atoms with E-state index >= 15 is 0 Å². The van der Waals surface area contributed by atoms with Crippen LogP contribution < -0.4 is 15.0 Å². The molecule has 1 unspecified atom stereocenters. The number of allylic oxidation sites excluding steroid dienone is 3. The Morgan fingerprint density at radius 2 is 1.98 bits per heavy atom. The molecule has 51 heavy (non-hydrogen) atoms. The van der Waals surface area contributed by atoms with Gasteiger partial charge in [0.05, 0.1) is 25.3 Å². The smallest absolute Gasteiger partial charge is 0.409 e. The first-order valence-corrected chi connectivity index (χ1v) is 18.6. The number of methoxy groups -OCH3 is 2. The molecule has 2 N–H and O–H groups in total. The lowest BCUT2D eigenvalue weighted by Gasteiger charge is -2.42. The van der Waals surface area contributed by atoms with Crippen LogP contribution in [0.2, 0.25) is 5.02 Å². The van der Waals surface area contributed by atoms with Crippen LogP contribution in [0.5, 0.6) is 5.75 Å². The topological polar surface area (TPSA) is 156 Å².